The van der Waals surface area contributed by atoms with E-state index < -0.39 is 0 Å². The number of amides is 2. The number of rotatable bonds is 6. The quantitative estimate of drug-likeness (QED) is 0.746. The number of carbonyl (C=O) groups is 2. The first-order valence-electron chi connectivity index (χ1n) is 8.34. The maximum Gasteiger partial charge on any atom is 0.229 e. The number of carbonyl (C=O) groups excluding carboxylic acids is 2. The minimum Gasteiger partial charge on any atom is -0.279 e. The Hall–Kier alpha value is -1.64. The zero-order chi connectivity index (χ0) is 16.2. The fourth-order valence-corrected chi connectivity index (χ4v) is 3.42. The lowest BCUT2D eigenvalue weighted by Gasteiger charge is -2.40. The summed E-state index contributed by atoms with van der Waals surface area (Å²) in [5.74, 6) is -0.00318. The van der Waals surface area contributed by atoms with Crippen LogP contribution in [0.2, 0.25) is 0 Å². The monoisotopic (exact) mass is 301 g/mol. The predicted molar refractivity (Wildman–Crippen MR) is 88.3 cm³/mol. The van der Waals surface area contributed by atoms with Crippen molar-refractivity contribution in [2.45, 2.75) is 65.3 Å². The second-order valence-corrected chi connectivity index (χ2v) is 6.96. The van der Waals surface area contributed by atoms with Crippen LogP contribution in [0.5, 0.6) is 0 Å². The van der Waals surface area contributed by atoms with Crippen LogP contribution < -0.4 is 0 Å². The Bertz CT molecular complexity index is 505. The van der Waals surface area contributed by atoms with Gasteiger partial charge >= 0.3 is 0 Å². The van der Waals surface area contributed by atoms with Crippen molar-refractivity contribution in [1.29, 1.82) is 0 Å². The molecule has 1 fully saturated rings. The first kappa shape index (κ1) is 16.7. The van der Waals surface area contributed by atoms with Crippen molar-refractivity contribution >= 4 is 11.8 Å². The molecule has 3 heteroatoms. The molecule has 1 atom stereocenters. The summed E-state index contributed by atoms with van der Waals surface area (Å²) < 4.78 is 0. The second-order valence-electron chi connectivity index (χ2n) is 6.96. The molecule has 1 aliphatic rings. The number of imide groups is 1. The molecule has 1 heterocycles. The third-order valence-electron chi connectivity index (χ3n) is 4.64. The van der Waals surface area contributed by atoms with Crippen LogP contribution in [0.1, 0.15) is 58.4 Å². The van der Waals surface area contributed by atoms with E-state index in [2.05, 4.69) is 13.8 Å². The van der Waals surface area contributed by atoms with Crippen molar-refractivity contribution in [2.75, 3.05) is 0 Å². The van der Waals surface area contributed by atoms with Crippen molar-refractivity contribution in [3.63, 3.8) is 0 Å². The highest BCUT2D eigenvalue weighted by molar-refractivity contribution is 5.98. The van der Waals surface area contributed by atoms with E-state index in [-0.39, 0.29) is 23.3 Å². The molecule has 2 rings (SSSR count). The number of nitrogens with zero attached hydrogens (tertiary/aromatic N) is 1. The number of benzene rings is 1. The third kappa shape index (κ3) is 3.96. The molecule has 1 saturated heterocycles. The van der Waals surface area contributed by atoms with E-state index in [0.29, 0.717) is 12.8 Å². The largest absolute Gasteiger partial charge is 0.279 e. The van der Waals surface area contributed by atoms with Crippen LogP contribution in [0.15, 0.2) is 30.3 Å². The first-order chi connectivity index (χ1) is 10.4. The minimum atomic E-state index is -0.146. The predicted octanol–water partition coefficient (Wildman–Crippen LogP) is 3.96. The van der Waals surface area contributed by atoms with Crippen LogP contribution >= 0.6 is 0 Å². The van der Waals surface area contributed by atoms with Gasteiger partial charge in [0, 0.05) is 18.9 Å². The van der Waals surface area contributed by atoms with Gasteiger partial charge in [0.25, 0.3) is 0 Å². The average Bonchev–Trinajstić information content (AvgIpc) is 2.45. The molecule has 1 aromatic rings. The van der Waals surface area contributed by atoms with E-state index in [1.54, 1.807) is 0 Å². The molecular formula is C19H27NO2. The van der Waals surface area contributed by atoms with E-state index in [4.69, 9.17) is 0 Å². The molecule has 1 aliphatic heterocycles. The Kier molecular flexibility index (Phi) is 5.38. The number of hydrogen-bond acceptors (Lipinski definition) is 2. The first-order valence-corrected chi connectivity index (χ1v) is 8.34. The van der Waals surface area contributed by atoms with Gasteiger partial charge in [-0.2, -0.15) is 0 Å². The fourth-order valence-electron chi connectivity index (χ4n) is 3.42. The number of piperidine rings is 1. The zero-order valence-corrected chi connectivity index (χ0v) is 14.0. The molecule has 3 nitrogen and oxygen atoms in total. The lowest BCUT2D eigenvalue weighted by molar-refractivity contribution is -0.155. The van der Waals surface area contributed by atoms with Crippen LogP contribution in [0.25, 0.3) is 0 Å². The molecule has 0 spiro atoms. The molecule has 0 saturated carbocycles. The standard InChI is InChI=1S/C19H27NO2/c1-4-5-11-19(3)13-17(21)20(18(22)14-19)15(2)12-16-9-7-6-8-10-16/h6-10,15H,4-5,11-14H2,1-3H3/t15-/m0/s1. The molecular weight excluding hydrogens is 274 g/mol. The second kappa shape index (κ2) is 7.08. The molecule has 0 bridgehead atoms. The van der Waals surface area contributed by atoms with Crippen molar-refractivity contribution in [3.05, 3.63) is 35.9 Å². The highest BCUT2D eigenvalue weighted by atomic mass is 16.2. The summed E-state index contributed by atoms with van der Waals surface area (Å²) in [6.07, 6.45) is 4.87. The molecule has 0 aliphatic carbocycles. The van der Waals surface area contributed by atoms with Crippen molar-refractivity contribution in [2.24, 2.45) is 5.41 Å². The van der Waals surface area contributed by atoms with Crippen LogP contribution in [-0.4, -0.2) is 22.8 Å². The lowest BCUT2D eigenvalue weighted by Crippen LogP contribution is -2.51. The van der Waals surface area contributed by atoms with E-state index in [9.17, 15) is 9.59 Å². The topological polar surface area (TPSA) is 37.4 Å². The van der Waals surface area contributed by atoms with Gasteiger partial charge < -0.3 is 0 Å². The third-order valence-corrected chi connectivity index (χ3v) is 4.64. The molecule has 2 amide bonds. The van der Waals surface area contributed by atoms with E-state index >= 15 is 0 Å². The van der Waals surface area contributed by atoms with Crippen LogP contribution in [0, 0.1) is 5.41 Å². The van der Waals surface area contributed by atoms with Gasteiger partial charge in [0.05, 0.1) is 0 Å². The number of unbranched alkanes of at least 4 members (excludes halogenated alkanes) is 1. The van der Waals surface area contributed by atoms with E-state index in [1.165, 1.54) is 4.90 Å². The van der Waals surface area contributed by atoms with Crippen LogP contribution in [0.4, 0.5) is 0 Å². The van der Waals surface area contributed by atoms with Gasteiger partial charge in [-0.1, -0.05) is 57.0 Å². The highest BCUT2D eigenvalue weighted by Crippen LogP contribution is 2.38. The van der Waals surface area contributed by atoms with Crippen molar-refractivity contribution in [1.82, 2.24) is 4.90 Å². The molecule has 0 N–H and O–H groups in total. The SMILES string of the molecule is CCCCC1(C)CC(=O)N([C@@H](C)Cc2ccccc2)C(=O)C1. The van der Waals surface area contributed by atoms with Gasteiger partial charge in [0.1, 0.15) is 0 Å². The van der Waals surface area contributed by atoms with Crippen LogP contribution in [-0.2, 0) is 16.0 Å². The molecule has 1 aromatic carbocycles. The average molecular weight is 301 g/mol. The van der Waals surface area contributed by atoms with Crippen molar-refractivity contribution in [3.8, 4) is 0 Å². The minimum absolute atomic E-state index is 0.00159. The molecule has 0 radical (unpaired) electrons. The Morgan fingerprint density at radius 3 is 2.27 bits per heavy atom. The summed E-state index contributed by atoms with van der Waals surface area (Å²) >= 11 is 0. The maximum atomic E-state index is 12.5. The summed E-state index contributed by atoms with van der Waals surface area (Å²) in [5.41, 5.74) is 1.02. The van der Waals surface area contributed by atoms with Crippen LogP contribution in [0.3, 0.4) is 0 Å². The fraction of sp³-hybridized carbons (Fsp3) is 0.579. The van der Waals surface area contributed by atoms with Gasteiger partial charge in [-0.3, -0.25) is 14.5 Å². The molecule has 22 heavy (non-hydrogen) atoms. The highest BCUT2D eigenvalue weighted by Gasteiger charge is 2.41. The Labute approximate surface area is 133 Å². The Morgan fingerprint density at radius 1 is 1.14 bits per heavy atom. The molecule has 0 unspecified atom stereocenters. The van der Waals surface area contributed by atoms with Gasteiger partial charge in [-0.25, -0.2) is 0 Å². The van der Waals surface area contributed by atoms with Crippen molar-refractivity contribution < 1.29 is 9.59 Å². The van der Waals surface area contributed by atoms with Gasteiger partial charge in [0.2, 0.25) is 11.8 Å². The summed E-state index contributed by atoms with van der Waals surface area (Å²) in [5, 5.41) is 0. The van der Waals surface area contributed by atoms with Gasteiger partial charge in [0.15, 0.2) is 0 Å². The van der Waals surface area contributed by atoms with Gasteiger partial charge in [-0.05, 0) is 30.7 Å². The lowest BCUT2D eigenvalue weighted by atomic mass is 9.75. The smallest absolute Gasteiger partial charge is 0.229 e. The summed E-state index contributed by atoms with van der Waals surface area (Å²) in [7, 11) is 0. The zero-order valence-electron chi connectivity index (χ0n) is 14.0. The summed E-state index contributed by atoms with van der Waals surface area (Å²) in [6, 6.07) is 9.97. The summed E-state index contributed by atoms with van der Waals surface area (Å²) in [4.78, 5) is 26.5. The Balaban J connectivity index is 2.03. The maximum absolute atomic E-state index is 12.5. The molecule has 120 valence electrons. The number of likely N-dealkylation sites (tertiary alicyclic amines) is 1. The van der Waals surface area contributed by atoms with E-state index in [0.717, 1.165) is 31.2 Å². The number of hydrogen-bond donors (Lipinski definition) is 0. The summed E-state index contributed by atoms with van der Waals surface area (Å²) in [6.45, 7) is 6.19. The van der Waals surface area contributed by atoms with E-state index in [1.807, 2.05) is 37.3 Å². The Morgan fingerprint density at radius 2 is 1.73 bits per heavy atom. The molecule has 0 aromatic heterocycles. The van der Waals surface area contributed by atoms with Gasteiger partial charge in [-0.15, -0.1) is 0 Å². The normalized spacial score (nSPS) is 19.3.